The second-order valence-corrected chi connectivity index (χ2v) is 23.8. The highest BCUT2D eigenvalue weighted by atomic mass is 28.4. The molecule has 2 saturated heterocycles. The van der Waals surface area contributed by atoms with Crippen LogP contribution in [-0.4, -0.2) is 45.3 Å². The molecule has 0 bridgehead atoms. The van der Waals surface area contributed by atoms with E-state index in [0.29, 0.717) is 13.0 Å². The van der Waals surface area contributed by atoms with Crippen LogP contribution in [0.5, 0.6) is 0 Å². The highest BCUT2D eigenvalue weighted by Crippen LogP contribution is 2.55. The van der Waals surface area contributed by atoms with Gasteiger partial charge in [0.05, 0.1) is 24.4 Å². The zero-order valence-electron chi connectivity index (χ0n) is 24.5. The van der Waals surface area contributed by atoms with Gasteiger partial charge in [0.25, 0.3) is 5.91 Å². The first kappa shape index (κ1) is 28.1. The molecule has 2 aromatic rings. The minimum absolute atomic E-state index is 0.0239. The van der Waals surface area contributed by atoms with Crippen molar-refractivity contribution in [2.24, 2.45) is 0 Å². The summed E-state index contributed by atoms with van der Waals surface area (Å²) in [6.07, 6.45) is 0.612. The summed E-state index contributed by atoms with van der Waals surface area (Å²) in [6, 6.07) is 20.4. The number of carbonyl (C=O) groups is 1. The molecule has 1 amide bonds. The van der Waals surface area contributed by atoms with Crippen molar-refractivity contribution < 1.29 is 14.1 Å². The van der Waals surface area contributed by atoms with E-state index >= 15 is 0 Å². The van der Waals surface area contributed by atoms with Crippen LogP contribution in [0.1, 0.15) is 59.6 Å². The van der Waals surface area contributed by atoms with Crippen LogP contribution in [0.4, 0.5) is 5.69 Å². The Morgan fingerprint density at radius 1 is 0.892 bits per heavy atom. The standard InChI is InChI=1S/C30H46N2O3Si2/c1-28(2,3)36(7,8)32-26(22-34-37(9,10)29(4,5)6)30(27(32)33)21-25(23-17-13-11-14-18-23)31(35-30)24-19-15-12-16-20-24/h11-20,25-26H,21-22H2,1-10H3/t25-,26+,30+/m0/s1. The van der Waals surface area contributed by atoms with Crippen molar-refractivity contribution in [3.8, 4) is 0 Å². The lowest BCUT2D eigenvalue weighted by Crippen LogP contribution is -2.82. The summed E-state index contributed by atoms with van der Waals surface area (Å²) in [6.45, 7) is 23.3. The zero-order valence-corrected chi connectivity index (χ0v) is 26.5. The largest absolute Gasteiger partial charge is 0.415 e. The van der Waals surface area contributed by atoms with Gasteiger partial charge in [-0.2, -0.15) is 0 Å². The van der Waals surface area contributed by atoms with Crippen LogP contribution in [0.25, 0.3) is 0 Å². The van der Waals surface area contributed by atoms with E-state index in [9.17, 15) is 4.79 Å². The monoisotopic (exact) mass is 538 g/mol. The number of para-hydroxylation sites is 1. The lowest BCUT2D eigenvalue weighted by Gasteiger charge is -2.62. The summed E-state index contributed by atoms with van der Waals surface area (Å²) in [4.78, 5) is 21.2. The Morgan fingerprint density at radius 2 is 1.43 bits per heavy atom. The van der Waals surface area contributed by atoms with E-state index in [2.05, 4.69) is 109 Å². The first-order chi connectivity index (χ1) is 17.0. The third-order valence-electron chi connectivity index (χ3n) is 9.51. The summed E-state index contributed by atoms with van der Waals surface area (Å²) in [5.41, 5.74) is 1.20. The summed E-state index contributed by atoms with van der Waals surface area (Å²) in [7, 11) is -4.19. The molecule has 1 spiro atoms. The normalized spacial score (nSPS) is 25.1. The highest BCUT2D eigenvalue weighted by Gasteiger charge is 2.71. The number of β-lactam (4-membered cyclic amide) rings is 1. The Kier molecular flexibility index (Phi) is 7.11. The van der Waals surface area contributed by atoms with E-state index in [1.54, 1.807) is 0 Å². The Bertz CT molecular complexity index is 1060. The predicted octanol–water partition coefficient (Wildman–Crippen LogP) is 7.55. The highest BCUT2D eigenvalue weighted by molar-refractivity contribution is 6.80. The van der Waals surface area contributed by atoms with E-state index in [-0.39, 0.29) is 28.1 Å². The fourth-order valence-corrected chi connectivity index (χ4v) is 8.54. The summed E-state index contributed by atoms with van der Waals surface area (Å²) < 4.78 is 9.03. The van der Waals surface area contributed by atoms with Crippen LogP contribution >= 0.6 is 0 Å². The molecule has 2 aliphatic rings. The number of benzene rings is 2. The molecule has 0 saturated carbocycles. The molecule has 0 unspecified atom stereocenters. The number of rotatable bonds is 6. The minimum Gasteiger partial charge on any atom is -0.415 e. The van der Waals surface area contributed by atoms with Gasteiger partial charge in [-0.15, -0.1) is 0 Å². The lowest BCUT2D eigenvalue weighted by atomic mass is 9.79. The molecule has 7 heteroatoms. The van der Waals surface area contributed by atoms with Crippen molar-refractivity contribution in [1.29, 1.82) is 0 Å². The SMILES string of the molecule is CC(C)(C)[Si](C)(C)OC[C@H]1N([Si](C)(C)C(C)(C)C)C(=O)[C@@]12C[C@@H](c1ccccc1)N(c1ccccc1)O2. The van der Waals surface area contributed by atoms with Gasteiger partial charge in [-0.25, -0.2) is 5.06 Å². The van der Waals surface area contributed by atoms with Crippen molar-refractivity contribution >= 4 is 28.1 Å². The molecule has 0 aliphatic carbocycles. The van der Waals surface area contributed by atoms with Crippen LogP contribution in [-0.2, 0) is 14.1 Å². The number of hydroxylamine groups is 1. The van der Waals surface area contributed by atoms with Crippen molar-refractivity contribution in [1.82, 2.24) is 4.57 Å². The van der Waals surface area contributed by atoms with Gasteiger partial charge in [0.2, 0.25) is 0 Å². The van der Waals surface area contributed by atoms with E-state index < -0.39 is 22.2 Å². The van der Waals surface area contributed by atoms with Crippen LogP contribution < -0.4 is 5.06 Å². The second-order valence-electron chi connectivity index (χ2n) is 13.8. The summed E-state index contributed by atoms with van der Waals surface area (Å²) >= 11 is 0. The minimum atomic E-state index is -2.17. The van der Waals surface area contributed by atoms with Crippen molar-refractivity contribution in [2.45, 2.75) is 102 Å². The van der Waals surface area contributed by atoms with Crippen molar-refractivity contribution in [3.63, 3.8) is 0 Å². The van der Waals surface area contributed by atoms with Crippen LogP contribution in [0.3, 0.4) is 0 Å². The average molecular weight is 539 g/mol. The summed E-state index contributed by atoms with van der Waals surface area (Å²) in [5.74, 6) is 0.127. The van der Waals surface area contributed by atoms with E-state index in [4.69, 9.17) is 9.26 Å². The number of amides is 1. The molecule has 0 N–H and O–H groups in total. The molecule has 3 atom stereocenters. The summed E-state index contributed by atoms with van der Waals surface area (Å²) in [5, 5.41) is 2.10. The third-order valence-corrected chi connectivity index (χ3v) is 19.4. The third kappa shape index (κ3) is 4.73. The molecule has 0 aromatic heterocycles. The Balaban J connectivity index is 1.76. The molecule has 37 heavy (non-hydrogen) atoms. The first-order valence-corrected chi connectivity index (χ1v) is 19.4. The van der Waals surface area contributed by atoms with Gasteiger partial charge >= 0.3 is 0 Å². The van der Waals surface area contributed by atoms with E-state index in [1.807, 2.05) is 29.3 Å². The molecule has 2 fully saturated rings. The predicted molar refractivity (Wildman–Crippen MR) is 158 cm³/mol. The van der Waals surface area contributed by atoms with Gasteiger partial charge in [0.1, 0.15) is 0 Å². The molecular weight excluding hydrogens is 493 g/mol. The van der Waals surface area contributed by atoms with Crippen LogP contribution in [0.15, 0.2) is 60.7 Å². The Hall–Kier alpha value is -1.94. The van der Waals surface area contributed by atoms with E-state index in [1.165, 1.54) is 0 Å². The van der Waals surface area contributed by atoms with E-state index in [0.717, 1.165) is 11.3 Å². The number of nitrogens with zero attached hydrogens (tertiary/aromatic N) is 2. The maximum absolute atomic E-state index is 14.3. The van der Waals surface area contributed by atoms with Crippen LogP contribution in [0.2, 0.25) is 36.3 Å². The molecule has 202 valence electrons. The fourth-order valence-electron chi connectivity index (χ4n) is 5.05. The number of anilines is 1. The molecule has 2 aromatic carbocycles. The topological polar surface area (TPSA) is 42.0 Å². The average Bonchev–Trinajstić information content (AvgIpc) is 3.24. The fraction of sp³-hybridized carbons (Fsp3) is 0.567. The molecule has 0 radical (unpaired) electrons. The van der Waals surface area contributed by atoms with Gasteiger partial charge in [-0.05, 0) is 40.9 Å². The maximum atomic E-state index is 14.3. The first-order valence-electron chi connectivity index (χ1n) is 13.6. The quantitative estimate of drug-likeness (QED) is 0.281. The molecule has 4 rings (SSSR count). The zero-order chi connectivity index (χ0) is 27.4. The molecular formula is C30H46N2O3Si2. The van der Waals surface area contributed by atoms with Gasteiger partial charge < -0.3 is 8.99 Å². The molecule has 2 aliphatic heterocycles. The number of hydrogen-bond acceptors (Lipinski definition) is 4. The van der Waals surface area contributed by atoms with Crippen molar-refractivity contribution in [3.05, 3.63) is 66.2 Å². The maximum Gasteiger partial charge on any atom is 0.252 e. The Labute approximate surface area is 226 Å². The van der Waals surface area contributed by atoms with Gasteiger partial charge in [-0.3, -0.25) is 9.63 Å². The smallest absolute Gasteiger partial charge is 0.252 e. The number of hydrogen-bond donors (Lipinski definition) is 0. The number of carbonyl (C=O) groups excluding carboxylic acids is 1. The molecule has 2 heterocycles. The second kappa shape index (κ2) is 9.36. The Morgan fingerprint density at radius 3 is 1.95 bits per heavy atom. The van der Waals surface area contributed by atoms with Gasteiger partial charge in [0, 0.05) is 6.42 Å². The van der Waals surface area contributed by atoms with Crippen LogP contribution in [0, 0.1) is 0 Å². The van der Waals surface area contributed by atoms with Gasteiger partial charge in [-0.1, -0.05) is 103 Å². The molecule has 5 nitrogen and oxygen atoms in total. The van der Waals surface area contributed by atoms with Crippen molar-refractivity contribution in [2.75, 3.05) is 11.7 Å². The lowest BCUT2D eigenvalue weighted by molar-refractivity contribution is -0.188. The van der Waals surface area contributed by atoms with Gasteiger partial charge in [0.15, 0.2) is 22.2 Å².